The fourth-order valence-electron chi connectivity index (χ4n) is 4.01. The average Bonchev–Trinajstić information content (AvgIpc) is 3.19. The molecule has 0 spiro atoms. The molecular formula is C23H40N2O9. The third-order valence-corrected chi connectivity index (χ3v) is 5.52. The quantitative estimate of drug-likeness (QED) is 0.350. The summed E-state index contributed by atoms with van der Waals surface area (Å²) in [5.74, 6) is -1.50. The number of unbranched alkanes of at least 4 members (excludes halogenated alkanes) is 1. The van der Waals surface area contributed by atoms with E-state index in [2.05, 4.69) is 10.6 Å². The summed E-state index contributed by atoms with van der Waals surface area (Å²) < 4.78 is 33.5. The zero-order chi connectivity index (χ0) is 25.7. The number of amides is 2. The monoisotopic (exact) mass is 488 g/mol. The zero-order valence-corrected chi connectivity index (χ0v) is 21.5. The van der Waals surface area contributed by atoms with Crippen molar-refractivity contribution in [1.29, 1.82) is 0 Å². The standard InChI is InChI=1S/C23H40N2O9/c1-13(24-21(28)34-22(2,3)4)19(27)25-14(11-9-10-12-15(26)29-7)16-17(30-8)18-20(31-16)33-23(5,6)32-18/h13-14,16-18,20H,9-12H2,1-8H3,(H,24,28)(H,25,27)/t13-,14-,16+,17-,18+,20+/m0/s1. The van der Waals surface area contributed by atoms with Gasteiger partial charge in [-0.2, -0.15) is 0 Å². The Balaban J connectivity index is 2.06. The van der Waals surface area contributed by atoms with Crippen LogP contribution in [0.1, 0.15) is 67.2 Å². The molecule has 2 amide bonds. The van der Waals surface area contributed by atoms with Crippen LogP contribution in [0, 0.1) is 0 Å². The summed E-state index contributed by atoms with van der Waals surface area (Å²) >= 11 is 0. The van der Waals surface area contributed by atoms with Gasteiger partial charge in [0.2, 0.25) is 5.91 Å². The molecule has 0 aromatic carbocycles. The van der Waals surface area contributed by atoms with Gasteiger partial charge in [-0.25, -0.2) is 4.79 Å². The first-order valence-electron chi connectivity index (χ1n) is 11.7. The van der Waals surface area contributed by atoms with E-state index in [0.717, 1.165) is 0 Å². The van der Waals surface area contributed by atoms with Crippen LogP contribution < -0.4 is 10.6 Å². The zero-order valence-electron chi connectivity index (χ0n) is 21.5. The van der Waals surface area contributed by atoms with Gasteiger partial charge in [0.15, 0.2) is 12.1 Å². The molecule has 2 fully saturated rings. The average molecular weight is 489 g/mol. The Labute approximate surface area is 201 Å². The van der Waals surface area contributed by atoms with Gasteiger partial charge in [0, 0.05) is 13.5 Å². The molecule has 11 heteroatoms. The van der Waals surface area contributed by atoms with Crippen molar-refractivity contribution in [1.82, 2.24) is 10.6 Å². The number of esters is 1. The Kier molecular flexibility index (Phi) is 9.70. The Morgan fingerprint density at radius 2 is 1.74 bits per heavy atom. The summed E-state index contributed by atoms with van der Waals surface area (Å²) in [4.78, 5) is 36.5. The van der Waals surface area contributed by atoms with E-state index in [-0.39, 0.29) is 12.4 Å². The van der Waals surface area contributed by atoms with Crippen LogP contribution in [0.3, 0.4) is 0 Å². The van der Waals surface area contributed by atoms with Gasteiger partial charge in [-0.3, -0.25) is 9.59 Å². The summed E-state index contributed by atoms with van der Waals surface area (Å²) in [6.07, 6.45) is -0.787. The Bertz CT molecular complexity index is 722. The molecule has 0 bridgehead atoms. The number of methoxy groups -OCH3 is 2. The molecule has 6 atom stereocenters. The number of carbonyl (C=O) groups is 3. The van der Waals surface area contributed by atoms with E-state index < -0.39 is 60.1 Å². The molecule has 34 heavy (non-hydrogen) atoms. The van der Waals surface area contributed by atoms with Crippen LogP contribution in [0.4, 0.5) is 4.79 Å². The number of hydrogen-bond acceptors (Lipinski definition) is 9. The fraction of sp³-hybridized carbons (Fsp3) is 0.870. The van der Waals surface area contributed by atoms with Crippen molar-refractivity contribution < 1.29 is 42.8 Å². The van der Waals surface area contributed by atoms with E-state index in [9.17, 15) is 14.4 Å². The maximum absolute atomic E-state index is 12.9. The molecule has 0 unspecified atom stereocenters. The van der Waals surface area contributed by atoms with Crippen molar-refractivity contribution >= 4 is 18.0 Å². The Morgan fingerprint density at radius 1 is 1.06 bits per heavy atom. The molecule has 2 N–H and O–H groups in total. The second-order valence-electron chi connectivity index (χ2n) is 10.1. The van der Waals surface area contributed by atoms with Gasteiger partial charge in [-0.15, -0.1) is 0 Å². The highest BCUT2D eigenvalue weighted by Crippen LogP contribution is 2.40. The molecular weight excluding hydrogens is 448 g/mol. The van der Waals surface area contributed by atoms with Crippen molar-refractivity contribution in [2.75, 3.05) is 14.2 Å². The topological polar surface area (TPSA) is 131 Å². The highest BCUT2D eigenvalue weighted by atomic mass is 16.8. The lowest BCUT2D eigenvalue weighted by Crippen LogP contribution is -2.54. The number of nitrogens with one attached hydrogen (secondary N) is 2. The molecule has 0 aromatic heterocycles. The predicted octanol–water partition coefficient (Wildman–Crippen LogP) is 2.01. The van der Waals surface area contributed by atoms with Crippen LogP contribution in [0.2, 0.25) is 0 Å². The Hall–Kier alpha value is -1.95. The third kappa shape index (κ3) is 8.07. The van der Waals surface area contributed by atoms with Crippen molar-refractivity contribution in [3.8, 4) is 0 Å². The van der Waals surface area contributed by atoms with E-state index in [0.29, 0.717) is 19.3 Å². The third-order valence-electron chi connectivity index (χ3n) is 5.52. The van der Waals surface area contributed by atoms with E-state index in [4.69, 9.17) is 28.4 Å². The van der Waals surface area contributed by atoms with E-state index in [1.165, 1.54) is 7.11 Å². The van der Waals surface area contributed by atoms with Crippen LogP contribution in [-0.4, -0.2) is 80.3 Å². The summed E-state index contributed by atoms with van der Waals surface area (Å²) in [6, 6.07) is -1.32. The molecule has 0 radical (unpaired) electrons. The highest BCUT2D eigenvalue weighted by molar-refractivity contribution is 5.85. The van der Waals surface area contributed by atoms with Crippen molar-refractivity contribution in [3.05, 3.63) is 0 Å². The maximum Gasteiger partial charge on any atom is 0.408 e. The summed E-state index contributed by atoms with van der Waals surface area (Å²) in [7, 11) is 2.90. The van der Waals surface area contributed by atoms with Crippen LogP contribution in [0.5, 0.6) is 0 Å². The van der Waals surface area contributed by atoms with Gasteiger partial charge >= 0.3 is 12.1 Å². The normalized spacial score (nSPS) is 27.4. The molecule has 0 aliphatic carbocycles. The molecule has 11 nitrogen and oxygen atoms in total. The summed E-state index contributed by atoms with van der Waals surface area (Å²) in [5.41, 5.74) is -0.683. The number of ether oxygens (including phenoxy) is 6. The molecule has 0 aromatic rings. The van der Waals surface area contributed by atoms with Gasteiger partial charge in [0.05, 0.1) is 13.2 Å². The number of hydrogen-bond donors (Lipinski definition) is 2. The number of alkyl carbamates (subject to hydrolysis) is 1. The second kappa shape index (κ2) is 11.7. The minimum Gasteiger partial charge on any atom is -0.469 e. The predicted molar refractivity (Wildman–Crippen MR) is 121 cm³/mol. The first-order chi connectivity index (χ1) is 15.8. The lowest BCUT2D eigenvalue weighted by molar-refractivity contribution is -0.220. The number of rotatable bonds is 10. The van der Waals surface area contributed by atoms with Crippen LogP contribution in [0.15, 0.2) is 0 Å². The first kappa shape index (κ1) is 28.3. The lowest BCUT2D eigenvalue weighted by atomic mass is 9.97. The van der Waals surface area contributed by atoms with E-state index >= 15 is 0 Å². The number of fused-ring (bicyclic) bond motifs is 1. The Morgan fingerprint density at radius 3 is 2.32 bits per heavy atom. The maximum atomic E-state index is 12.9. The molecule has 0 saturated carbocycles. The van der Waals surface area contributed by atoms with Crippen LogP contribution in [0.25, 0.3) is 0 Å². The smallest absolute Gasteiger partial charge is 0.408 e. The molecule has 2 aliphatic heterocycles. The number of carbonyl (C=O) groups excluding carboxylic acids is 3. The van der Waals surface area contributed by atoms with Crippen LogP contribution in [-0.2, 0) is 38.0 Å². The van der Waals surface area contributed by atoms with Crippen LogP contribution >= 0.6 is 0 Å². The van der Waals surface area contributed by atoms with Crippen molar-refractivity contribution in [2.24, 2.45) is 0 Å². The van der Waals surface area contributed by atoms with Crippen molar-refractivity contribution in [3.63, 3.8) is 0 Å². The summed E-state index contributed by atoms with van der Waals surface area (Å²) in [6.45, 7) is 10.4. The first-order valence-corrected chi connectivity index (χ1v) is 11.7. The van der Waals surface area contributed by atoms with Gasteiger partial charge < -0.3 is 39.1 Å². The minimum atomic E-state index is -0.847. The van der Waals surface area contributed by atoms with E-state index in [1.54, 1.807) is 48.7 Å². The molecule has 196 valence electrons. The van der Waals surface area contributed by atoms with Gasteiger partial charge in [-0.05, 0) is 54.4 Å². The van der Waals surface area contributed by atoms with Gasteiger partial charge in [0.1, 0.15) is 30.0 Å². The van der Waals surface area contributed by atoms with E-state index in [1.807, 2.05) is 0 Å². The highest BCUT2D eigenvalue weighted by Gasteiger charge is 2.57. The summed E-state index contributed by atoms with van der Waals surface area (Å²) in [5, 5.41) is 5.50. The molecule has 2 saturated heterocycles. The largest absolute Gasteiger partial charge is 0.469 e. The molecule has 2 heterocycles. The fourth-order valence-corrected chi connectivity index (χ4v) is 4.01. The second-order valence-corrected chi connectivity index (χ2v) is 10.1. The SMILES string of the molecule is COC(=O)CCCC[C@H](NC(=O)[C@H](C)NC(=O)OC(C)(C)C)[C@H]1O[C@@H]2OC(C)(C)O[C@@H]2[C@H]1OC. The minimum absolute atomic E-state index is 0.276. The van der Waals surface area contributed by atoms with Gasteiger partial charge in [0.25, 0.3) is 0 Å². The molecule has 2 aliphatic rings. The van der Waals surface area contributed by atoms with Gasteiger partial charge in [-0.1, -0.05) is 6.42 Å². The molecule has 2 rings (SSSR count). The lowest BCUT2D eigenvalue weighted by Gasteiger charge is -2.31. The van der Waals surface area contributed by atoms with Crippen molar-refractivity contribution in [2.45, 2.75) is 115 Å².